The van der Waals surface area contributed by atoms with Crippen LogP contribution in [0.25, 0.3) is 0 Å². The van der Waals surface area contributed by atoms with E-state index < -0.39 is 5.54 Å². The predicted molar refractivity (Wildman–Crippen MR) is 81.8 cm³/mol. The van der Waals surface area contributed by atoms with Gasteiger partial charge in [-0.1, -0.05) is 6.92 Å². The Morgan fingerprint density at radius 1 is 1.35 bits per heavy atom. The van der Waals surface area contributed by atoms with Gasteiger partial charge >= 0.3 is 5.97 Å². The fourth-order valence-corrected chi connectivity index (χ4v) is 2.82. The molecule has 118 valence electrons. The number of rotatable bonds is 10. The van der Waals surface area contributed by atoms with Crippen LogP contribution >= 0.6 is 0 Å². The number of likely N-dealkylation sites (N-methyl/N-ethyl adjacent to an activating group) is 2. The minimum Gasteiger partial charge on any atom is -0.468 e. The Morgan fingerprint density at radius 3 is 2.40 bits per heavy atom. The number of carbonyl (C=O) groups excluding carboxylic acids is 1. The number of methoxy groups -OCH3 is 1. The van der Waals surface area contributed by atoms with Gasteiger partial charge in [-0.2, -0.15) is 0 Å². The molecule has 0 bridgehead atoms. The molecule has 1 atom stereocenters. The molecule has 0 heterocycles. The van der Waals surface area contributed by atoms with E-state index in [-0.39, 0.29) is 5.97 Å². The lowest BCUT2D eigenvalue weighted by Crippen LogP contribution is -2.60. The molecule has 5 heteroatoms. The lowest BCUT2D eigenvalue weighted by atomic mass is 9.92. The van der Waals surface area contributed by atoms with Gasteiger partial charge in [0.1, 0.15) is 5.54 Å². The smallest absolute Gasteiger partial charge is 0.327 e. The van der Waals surface area contributed by atoms with Gasteiger partial charge in [-0.25, -0.2) is 4.79 Å². The third kappa shape index (κ3) is 4.43. The maximum Gasteiger partial charge on any atom is 0.327 e. The fourth-order valence-electron chi connectivity index (χ4n) is 2.82. The summed E-state index contributed by atoms with van der Waals surface area (Å²) in [5.74, 6) is 0.302. The molecular formula is C15H31N3O2. The van der Waals surface area contributed by atoms with Crippen LogP contribution in [0.5, 0.6) is 0 Å². The summed E-state index contributed by atoms with van der Waals surface area (Å²) in [4.78, 5) is 16.8. The summed E-state index contributed by atoms with van der Waals surface area (Å²) in [5.41, 5.74) is -0.525. The van der Waals surface area contributed by atoms with Gasteiger partial charge in [-0.05, 0) is 66.0 Å². The normalized spacial score (nSPS) is 18.4. The van der Waals surface area contributed by atoms with E-state index >= 15 is 0 Å². The third-order valence-corrected chi connectivity index (χ3v) is 4.27. The maximum absolute atomic E-state index is 12.3. The van der Waals surface area contributed by atoms with Crippen LogP contribution in [0.1, 0.15) is 26.2 Å². The number of nitrogens with one attached hydrogen (secondary N) is 1. The van der Waals surface area contributed by atoms with Crippen LogP contribution in [0.2, 0.25) is 0 Å². The average Bonchev–Trinajstić information content (AvgIpc) is 3.26. The van der Waals surface area contributed by atoms with Crippen molar-refractivity contribution in [2.24, 2.45) is 5.92 Å². The second-order valence-electron chi connectivity index (χ2n) is 6.01. The lowest BCUT2D eigenvalue weighted by molar-refractivity contribution is -0.150. The van der Waals surface area contributed by atoms with Gasteiger partial charge in [0.25, 0.3) is 0 Å². The predicted octanol–water partition coefficient (Wildman–Crippen LogP) is 0.801. The van der Waals surface area contributed by atoms with Crippen molar-refractivity contribution in [3.8, 4) is 0 Å². The van der Waals surface area contributed by atoms with Crippen LogP contribution in [-0.4, -0.2) is 75.7 Å². The number of esters is 1. The van der Waals surface area contributed by atoms with E-state index in [1.807, 2.05) is 7.05 Å². The van der Waals surface area contributed by atoms with Gasteiger partial charge in [-0.15, -0.1) is 0 Å². The molecule has 0 saturated heterocycles. The van der Waals surface area contributed by atoms with Gasteiger partial charge in [0.15, 0.2) is 0 Å². The second-order valence-corrected chi connectivity index (χ2v) is 6.01. The molecule has 0 radical (unpaired) electrons. The van der Waals surface area contributed by atoms with Crippen LogP contribution in [-0.2, 0) is 9.53 Å². The molecule has 1 saturated carbocycles. The molecule has 5 nitrogen and oxygen atoms in total. The van der Waals surface area contributed by atoms with E-state index in [0.29, 0.717) is 5.92 Å². The fraction of sp³-hybridized carbons (Fsp3) is 0.933. The summed E-state index contributed by atoms with van der Waals surface area (Å²) >= 11 is 0. The van der Waals surface area contributed by atoms with E-state index in [9.17, 15) is 4.79 Å². The quantitative estimate of drug-likeness (QED) is 0.602. The standard InChI is InChI=1S/C15H31N3O2/c1-6-18(11-7-10-17(3)4)12-15(16-2,13-8-9-13)14(19)20-5/h13,16H,6-12H2,1-5H3. The molecule has 0 aromatic rings. The summed E-state index contributed by atoms with van der Waals surface area (Å²) in [7, 11) is 7.54. The first-order valence-corrected chi connectivity index (χ1v) is 7.64. The van der Waals surface area contributed by atoms with Crippen molar-refractivity contribution in [3.63, 3.8) is 0 Å². The Morgan fingerprint density at radius 2 is 2.00 bits per heavy atom. The summed E-state index contributed by atoms with van der Waals surface area (Å²) < 4.78 is 5.06. The summed E-state index contributed by atoms with van der Waals surface area (Å²) in [6, 6.07) is 0. The topological polar surface area (TPSA) is 44.8 Å². The monoisotopic (exact) mass is 285 g/mol. The van der Waals surface area contributed by atoms with Crippen LogP contribution in [0.15, 0.2) is 0 Å². The number of hydrogen-bond donors (Lipinski definition) is 1. The Hall–Kier alpha value is -0.650. The second kappa shape index (κ2) is 7.96. The van der Waals surface area contributed by atoms with Crippen LogP contribution in [0.3, 0.4) is 0 Å². The minimum absolute atomic E-state index is 0.117. The highest BCUT2D eigenvalue weighted by atomic mass is 16.5. The van der Waals surface area contributed by atoms with Gasteiger partial charge in [0.05, 0.1) is 7.11 Å². The zero-order valence-corrected chi connectivity index (χ0v) is 13.7. The Bertz CT molecular complexity index is 305. The number of hydrogen-bond acceptors (Lipinski definition) is 5. The maximum atomic E-state index is 12.3. The lowest BCUT2D eigenvalue weighted by Gasteiger charge is -2.36. The number of nitrogens with zero attached hydrogens (tertiary/aromatic N) is 2. The third-order valence-electron chi connectivity index (χ3n) is 4.27. The van der Waals surface area contributed by atoms with Crippen molar-refractivity contribution in [1.82, 2.24) is 15.1 Å². The summed E-state index contributed by atoms with van der Waals surface area (Å²) in [6.07, 6.45) is 3.35. The zero-order chi connectivity index (χ0) is 15.2. The van der Waals surface area contributed by atoms with Crippen molar-refractivity contribution >= 4 is 5.97 Å². The molecular weight excluding hydrogens is 254 g/mol. The molecule has 1 aliphatic carbocycles. The zero-order valence-electron chi connectivity index (χ0n) is 13.7. The van der Waals surface area contributed by atoms with E-state index in [4.69, 9.17) is 4.74 Å². The molecule has 1 unspecified atom stereocenters. The van der Waals surface area contributed by atoms with Crippen molar-refractivity contribution in [1.29, 1.82) is 0 Å². The van der Waals surface area contributed by atoms with Gasteiger partial charge in [-0.3, -0.25) is 0 Å². The van der Waals surface area contributed by atoms with Gasteiger partial charge < -0.3 is 19.9 Å². The number of carbonyl (C=O) groups is 1. The van der Waals surface area contributed by atoms with E-state index in [2.05, 4.69) is 36.1 Å². The molecule has 0 amide bonds. The Labute approximate surface area is 123 Å². The molecule has 1 fully saturated rings. The highest BCUT2D eigenvalue weighted by Gasteiger charge is 2.51. The molecule has 1 aliphatic rings. The minimum atomic E-state index is -0.525. The number of ether oxygens (including phenoxy) is 1. The van der Waals surface area contributed by atoms with Crippen molar-refractivity contribution in [2.75, 3.05) is 54.4 Å². The van der Waals surface area contributed by atoms with Crippen LogP contribution in [0.4, 0.5) is 0 Å². The van der Waals surface area contributed by atoms with Gasteiger partial charge in [0, 0.05) is 6.54 Å². The van der Waals surface area contributed by atoms with Crippen LogP contribution in [0, 0.1) is 5.92 Å². The first-order chi connectivity index (χ1) is 9.50. The average molecular weight is 285 g/mol. The van der Waals surface area contributed by atoms with E-state index in [1.54, 1.807) is 0 Å². The van der Waals surface area contributed by atoms with Crippen molar-refractivity contribution in [2.45, 2.75) is 31.7 Å². The first kappa shape index (κ1) is 17.4. The van der Waals surface area contributed by atoms with Crippen LogP contribution < -0.4 is 5.32 Å². The van der Waals surface area contributed by atoms with E-state index in [0.717, 1.165) is 45.4 Å². The molecule has 0 aromatic heterocycles. The molecule has 20 heavy (non-hydrogen) atoms. The SMILES string of the molecule is CCN(CCCN(C)C)CC(NC)(C(=O)OC)C1CC1. The van der Waals surface area contributed by atoms with E-state index in [1.165, 1.54) is 7.11 Å². The first-order valence-electron chi connectivity index (χ1n) is 7.64. The summed E-state index contributed by atoms with van der Waals surface area (Å²) in [6.45, 7) is 5.94. The molecule has 1 N–H and O–H groups in total. The Balaban J connectivity index is 2.64. The molecule has 0 aromatic carbocycles. The molecule has 0 aliphatic heterocycles. The van der Waals surface area contributed by atoms with Crippen molar-refractivity contribution in [3.05, 3.63) is 0 Å². The van der Waals surface area contributed by atoms with Gasteiger partial charge in [0.2, 0.25) is 0 Å². The molecule has 1 rings (SSSR count). The molecule has 0 spiro atoms. The largest absolute Gasteiger partial charge is 0.468 e. The highest BCUT2D eigenvalue weighted by Crippen LogP contribution is 2.40. The summed E-state index contributed by atoms with van der Waals surface area (Å²) in [5, 5.41) is 3.27. The Kier molecular flexibility index (Phi) is 6.92. The van der Waals surface area contributed by atoms with Crippen molar-refractivity contribution < 1.29 is 9.53 Å². The highest BCUT2D eigenvalue weighted by molar-refractivity contribution is 5.82.